The summed E-state index contributed by atoms with van der Waals surface area (Å²) in [5.74, 6) is 1.77. The van der Waals surface area contributed by atoms with Crippen LogP contribution in [0, 0.1) is 0 Å². The van der Waals surface area contributed by atoms with Gasteiger partial charge in [-0.25, -0.2) is 0 Å². The monoisotopic (exact) mass is 244 g/mol. The number of aromatic nitrogens is 3. The van der Waals surface area contributed by atoms with E-state index in [-0.39, 0.29) is 0 Å². The number of nitrogens with zero attached hydrogens (tertiary/aromatic N) is 3. The standard InChI is InChI=1S/C13H16N4O/c1-14-11-4-2-3-10(11)12-16-13(18-17-12)9-5-7-15-8-6-9/h5-8,10-11,14H,2-4H2,1H3/t10-,11-/m1/s1. The highest BCUT2D eigenvalue weighted by molar-refractivity contribution is 5.51. The summed E-state index contributed by atoms with van der Waals surface area (Å²) in [6.45, 7) is 0. The van der Waals surface area contributed by atoms with Crippen LogP contribution in [-0.2, 0) is 0 Å². The predicted molar refractivity (Wildman–Crippen MR) is 67.0 cm³/mol. The van der Waals surface area contributed by atoms with Gasteiger partial charge in [-0.3, -0.25) is 4.98 Å². The van der Waals surface area contributed by atoms with E-state index in [0.717, 1.165) is 17.8 Å². The van der Waals surface area contributed by atoms with Crippen molar-refractivity contribution in [2.24, 2.45) is 0 Å². The summed E-state index contributed by atoms with van der Waals surface area (Å²) < 4.78 is 5.34. The van der Waals surface area contributed by atoms with E-state index in [1.807, 2.05) is 19.2 Å². The highest BCUT2D eigenvalue weighted by atomic mass is 16.5. The predicted octanol–water partition coefficient (Wildman–Crippen LogP) is 1.99. The second-order valence-electron chi connectivity index (χ2n) is 4.63. The minimum Gasteiger partial charge on any atom is -0.334 e. The second-order valence-corrected chi connectivity index (χ2v) is 4.63. The van der Waals surface area contributed by atoms with Crippen molar-refractivity contribution in [3.63, 3.8) is 0 Å². The van der Waals surface area contributed by atoms with Crippen LogP contribution in [0.5, 0.6) is 0 Å². The van der Waals surface area contributed by atoms with Crippen LogP contribution in [0.1, 0.15) is 31.0 Å². The van der Waals surface area contributed by atoms with Crippen molar-refractivity contribution >= 4 is 0 Å². The number of hydrogen-bond donors (Lipinski definition) is 1. The van der Waals surface area contributed by atoms with Gasteiger partial charge in [0.1, 0.15) is 0 Å². The first-order valence-electron chi connectivity index (χ1n) is 6.30. The number of rotatable bonds is 3. The van der Waals surface area contributed by atoms with Crippen LogP contribution >= 0.6 is 0 Å². The van der Waals surface area contributed by atoms with Gasteiger partial charge in [-0.05, 0) is 32.0 Å². The highest BCUT2D eigenvalue weighted by Gasteiger charge is 2.31. The zero-order valence-electron chi connectivity index (χ0n) is 10.3. The molecule has 2 aromatic rings. The maximum absolute atomic E-state index is 5.34. The number of pyridine rings is 1. The Labute approximate surface area is 106 Å². The first-order valence-corrected chi connectivity index (χ1v) is 6.30. The molecular weight excluding hydrogens is 228 g/mol. The van der Waals surface area contributed by atoms with Crippen LogP contribution in [0.2, 0.25) is 0 Å². The van der Waals surface area contributed by atoms with Gasteiger partial charge < -0.3 is 9.84 Å². The van der Waals surface area contributed by atoms with E-state index in [9.17, 15) is 0 Å². The molecule has 0 aliphatic heterocycles. The molecular formula is C13H16N4O. The largest absolute Gasteiger partial charge is 0.334 e. The second kappa shape index (κ2) is 4.86. The molecule has 0 saturated heterocycles. The number of hydrogen-bond acceptors (Lipinski definition) is 5. The molecule has 2 aromatic heterocycles. The molecule has 5 nitrogen and oxygen atoms in total. The molecule has 0 aromatic carbocycles. The van der Waals surface area contributed by atoms with E-state index in [1.165, 1.54) is 12.8 Å². The summed E-state index contributed by atoms with van der Waals surface area (Å²) in [4.78, 5) is 8.50. The molecule has 2 atom stereocenters. The maximum Gasteiger partial charge on any atom is 0.258 e. The molecule has 0 amide bonds. The lowest BCUT2D eigenvalue weighted by Crippen LogP contribution is -2.28. The minimum absolute atomic E-state index is 0.370. The van der Waals surface area contributed by atoms with Gasteiger partial charge in [0.2, 0.25) is 0 Å². The zero-order valence-corrected chi connectivity index (χ0v) is 10.3. The summed E-state index contributed by atoms with van der Waals surface area (Å²) in [6, 6.07) is 4.22. The molecule has 1 aliphatic carbocycles. The zero-order chi connectivity index (χ0) is 12.4. The lowest BCUT2D eigenvalue weighted by molar-refractivity contribution is 0.405. The van der Waals surface area contributed by atoms with Crippen molar-refractivity contribution in [3.8, 4) is 11.5 Å². The van der Waals surface area contributed by atoms with Crippen LogP contribution in [0.15, 0.2) is 29.0 Å². The van der Waals surface area contributed by atoms with Gasteiger partial charge >= 0.3 is 0 Å². The van der Waals surface area contributed by atoms with Crippen molar-refractivity contribution < 1.29 is 4.52 Å². The fraction of sp³-hybridized carbons (Fsp3) is 0.462. The van der Waals surface area contributed by atoms with Gasteiger partial charge in [0.25, 0.3) is 5.89 Å². The third kappa shape index (κ3) is 2.01. The Hall–Kier alpha value is -1.75. The van der Waals surface area contributed by atoms with Crippen molar-refractivity contribution in [1.82, 2.24) is 20.4 Å². The Morgan fingerprint density at radius 1 is 1.28 bits per heavy atom. The molecule has 0 spiro atoms. The summed E-state index contributed by atoms with van der Waals surface area (Å²) in [5.41, 5.74) is 0.919. The molecule has 3 rings (SSSR count). The van der Waals surface area contributed by atoms with Gasteiger partial charge in [0.15, 0.2) is 5.82 Å². The molecule has 1 saturated carbocycles. The van der Waals surface area contributed by atoms with E-state index in [1.54, 1.807) is 12.4 Å². The lowest BCUT2D eigenvalue weighted by atomic mass is 10.0. The quantitative estimate of drug-likeness (QED) is 0.894. The van der Waals surface area contributed by atoms with E-state index in [2.05, 4.69) is 20.4 Å². The van der Waals surface area contributed by atoms with E-state index >= 15 is 0 Å². The summed E-state index contributed by atoms with van der Waals surface area (Å²) in [7, 11) is 1.99. The van der Waals surface area contributed by atoms with E-state index in [4.69, 9.17) is 4.52 Å². The third-order valence-corrected chi connectivity index (χ3v) is 3.59. The van der Waals surface area contributed by atoms with Gasteiger partial charge in [0, 0.05) is 29.9 Å². The summed E-state index contributed by atoms with van der Waals surface area (Å²) in [5, 5.41) is 7.46. The van der Waals surface area contributed by atoms with Crippen LogP contribution in [0.4, 0.5) is 0 Å². The van der Waals surface area contributed by atoms with E-state index < -0.39 is 0 Å². The van der Waals surface area contributed by atoms with Gasteiger partial charge in [-0.15, -0.1) is 0 Å². The van der Waals surface area contributed by atoms with Gasteiger partial charge in [-0.2, -0.15) is 4.98 Å². The third-order valence-electron chi connectivity index (χ3n) is 3.59. The first kappa shape index (κ1) is 11.3. The smallest absolute Gasteiger partial charge is 0.258 e. The fourth-order valence-electron chi connectivity index (χ4n) is 2.61. The molecule has 2 heterocycles. The Morgan fingerprint density at radius 2 is 2.11 bits per heavy atom. The van der Waals surface area contributed by atoms with Gasteiger partial charge in [0.05, 0.1) is 0 Å². The van der Waals surface area contributed by atoms with Crippen LogP contribution in [0.25, 0.3) is 11.5 Å². The minimum atomic E-state index is 0.370. The lowest BCUT2D eigenvalue weighted by Gasteiger charge is -2.14. The Morgan fingerprint density at radius 3 is 2.89 bits per heavy atom. The molecule has 1 N–H and O–H groups in total. The maximum atomic E-state index is 5.34. The Balaban J connectivity index is 1.86. The normalized spacial score (nSPS) is 23.4. The van der Waals surface area contributed by atoms with Gasteiger partial charge in [-0.1, -0.05) is 11.6 Å². The number of nitrogens with one attached hydrogen (secondary N) is 1. The summed E-state index contributed by atoms with van der Waals surface area (Å²) in [6.07, 6.45) is 6.98. The van der Waals surface area contributed by atoms with Crippen LogP contribution < -0.4 is 5.32 Å². The Kier molecular flexibility index (Phi) is 3.06. The molecule has 1 aliphatic rings. The molecule has 0 radical (unpaired) electrons. The molecule has 1 fully saturated rings. The molecule has 0 unspecified atom stereocenters. The Bertz CT molecular complexity index is 511. The highest BCUT2D eigenvalue weighted by Crippen LogP contribution is 2.33. The average Bonchev–Trinajstić information content (AvgIpc) is 3.08. The SMILES string of the molecule is CN[C@@H]1CCC[C@H]1c1noc(-c2ccncc2)n1. The average molecular weight is 244 g/mol. The summed E-state index contributed by atoms with van der Waals surface area (Å²) >= 11 is 0. The molecule has 5 heteroatoms. The molecule has 18 heavy (non-hydrogen) atoms. The van der Waals surface area contributed by atoms with Crippen LogP contribution in [0.3, 0.4) is 0 Å². The van der Waals surface area contributed by atoms with Crippen molar-refractivity contribution in [1.29, 1.82) is 0 Å². The topological polar surface area (TPSA) is 63.8 Å². The van der Waals surface area contributed by atoms with Crippen LogP contribution in [-0.4, -0.2) is 28.2 Å². The first-order chi connectivity index (χ1) is 8.88. The van der Waals surface area contributed by atoms with Crippen molar-refractivity contribution in [2.75, 3.05) is 7.05 Å². The fourth-order valence-corrected chi connectivity index (χ4v) is 2.61. The van der Waals surface area contributed by atoms with Crippen molar-refractivity contribution in [3.05, 3.63) is 30.4 Å². The molecule has 0 bridgehead atoms. The number of likely N-dealkylation sites (N-methyl/N-ethyl adjacent to an activating group) is 1. The molecule has 94 valence electrons. The van der Waals surface area contributed by atoms with Crippen molar-refractivity contribution in [2.45, 2.75) is 31.2 Å². The van der Waals surface area contributed by atoms with E-state index in [0.29, 0.717) is 17.9 Å².